The smallest absolute Gasteiger partial charge is 0.342 e. The van der Waals surface area contributed by atoms with Crippen LogP contribution < -0.4 is 26.1 Å². The molecule has 1 aromatic heterocycles. The Labute approximate surface area is 194 Å². The maximum Gasteiger partial charge on any atom is 0.342 e. The predicted molar refractivity (Wildman–Crippen MR) is 123 cm³/mol. The number of carbonyl (C=O) groups is 3. The second-order valence-electron chi connectivity index (χ2n) is 7.89. The van der Waals surface area contributed by atoms with E-state index in [-0.39, 0.29) is 47.8 Å². The number of aromatic nitrogens is 1. The number of carboxylic acid groups (broad SMARTS) is 2. The third-order valence-corrected chi connectivity index (χ3v) is 5.53. The fourth-order valence-electron chi connectivity index (χ4n) is 4.05. The second-order valence-corrected chi connectivity index (χ2v) is 7.89. The third-order valence-electron chi connectivity index (χ3n) is 5.53. The van der Waals surface area contributed by atoms with E-state index in [1.54, 1.807) is 6.92 Å². The summed E-state index contributed by atoms with van der Waals surface area (Å²) in [5, 5.41) is 22.1. The lowest BCUT2D eigenvalue weighted by Gasteiger charge is -2.23. The van der Waals surface area contributed by atoms with Gasteiger partial charge in [-0.2, -0.15) is 0 Å². The van der Waals surface area contributed by atoms with Crippen LogP contribution >= 0.6 is 0 Å². The van der Waals surface area contributed by atoms with Crippen LogP contribution in [0.1, 0.15) is 59.7 Å². The number of rotatable bonds is 9. The van der Waals surface area contributed by atoms with Crippen molar-refractivity contribution >= 4 is 23.7 Å². The van der Waals surface area contributed by atoms with Crippen LogP contribution in [0.5, 0.6) is 11.5 Å². The van der Waals surface area contributed by atoms with Gasteiger partial charge in [0.2, 0.25) is 0 Å². The summed E-state index contributed by atoms with van der Waals surface area (Å²) >= 11 is 0. The van der Waals surface area contributed by atoms with Crippen molar-refractivity contribution in [2.45, 2.75) is 45.1 Å². The molecule has 1 aliphatic carbocycles. The van der Waals surface area contributed by atoms with Gasteiger partial charge in [0.25, 0.3) is 11.5 Å². The number of ether oxygens (including phenoxy) is 2. The van der Waals surface area contributed by atoms with E-state index in [9.17, 15) is 29.4 Å². The molecule has 1 amide bonds. The van der Waals surface area contributed by atoms with Gasteiger partial charge in [-0.15, -0.1) is 0 Å². The van der Waals surface area contributed by atoms with Crippen LogP contribution in [0.15, 0.2) is 23.0 Å². The summed E-state index contributed by atoms with van der Waals surface area (Å²) in [6.07, 6.45) is 5.18. The molecule has 0 saturated heterocycles. The first-order valence-corrected chi connectivity index (χ1v) is 10.9. The largest absolute Gasteiger partial charge is 0.490 e. The maximum atomic E-state index is 12.3. The fraction of sp³-hybridized carbons (Fsp3) is 0.391. The van der Waals surface area contributed by atoms with Gasteiger partial charge in [-0.3, -0.25) is 9.59 Å². The average molecular weight is 473 g/mol. The molecule has 0 spiro atoms. The Balaban J connectivity index is 1.94. The summed E-state index contributed by atoms with van der Waals surface area (Å²) < 4.78 is 11.2. The van der Waals surface area contributed by atoms with E-state index < -0.39 is 34.4 Å². The molecule has 1 aromatic carbocycles. The Morgan fingerprint density at radius 2 is 1.74 bits per heavy atom. The van der Waals surface area contributed by atoms with Crippen molar-refractivity contribution < 1.29 is 34.1 Å². The van der Waals surface area contributed by atoms with Gasteiger partial charge in [0.15, 0.2) is 18.1 Å². The molecule has 0 bridgehead atoms. The fourth-order valence-corrected chi connectivity index (χ4v) is 4.05. The lowest BCUT2D eigenvalue weighted by Crippen LogP contribution is -2.39. The summed E-state index contributed by atoms with van der Waals surface area (Å²) in [6.45, 7) is 1.67. The third kappa shape index (κ3) is 5.48. The van der Waals surface area contributed by atoms with Crippen molar-refractivity contribution in [1.82, 2.24) is 10.3 Å². The molecule has 1 heterocycles. The van der Waals surface area contributed by atoms with Crippen LogP contribution in [0, 0.1) is 0 Å². The topological polar surface area (TPSA) is 181 Å². The van der Waals surface area contributed by atoms with Crippen LogP contribution in [0.4, 0.5) is 5.82 Å². The van der Waals surface area contributed by atoms with Gasteiger partial charge in [0.1, 0.15) is 16.9 Å². The number of aromatic carboxylic acids is 2. The Morgan fingerprint density at radius 3 is 2.35 bits per heavy atom. The standard InChI is InChI=1S/C23H27N3O8/c1-2-33-15-10-12(17-18(22(29)30)20(24)26-21(28)19(17)23(31)32)8-9-14(15)34-11-16(27)25-13-6-4-3-5-7-13/h8-10,13H,2-7,11H2,1H3,(H,25,27)(H,29,30)(H,31,32)(H3,24,26,28). The first-order valence-electron chi connectivity index (χ1n) is 10.9. The minimum atomic E-state index is -1.61. The molecule has 0 unspecified atom stereocenters. The Kier molecular flexibility index (Phi) is 7.77. The van der Waals surface area contributed by atoms with Crippen molar-refractivity contribution in [3.05, 3.63) is 39.7 Å². The van der Waals surface area contributed by atoms with Gasteiger partial charge in [0.05, 0.1) is 6.61 Å². The van der Waals surface area contributed by atoms with Gasteiger partial charge < -0.3 is 35.7 Å². The summed E-state index contributed by atoms with van der Waals surface area (Å²) in [5.41, 5.74) is 3.04. The Morgan fingerprint density at radius 1 is 1.06 bits per heavy atom. The molecule has 3 rings (SSSR count). The molecule has 11 heteroatoms. The molecule has 182 valence electrons. The number of amides is 1. The molecule has 1 saturated carbocycles. The quantitative estimate of drug-likeness (QED) is 0.365. The van der Waals surface area contributed by atoms with Crippen molar-refractivity contribution in [1.29, 1.82) is 0 Å². The van der Waals surface area contributed by atoms with Gasteiger partial charge in [-0.05, 0) is 37.5 Å². The summed E-state index contributed by atoms with van der Waals surface area (Å²) in [7, 11) is 0. The molecular weight excluding hydrogens is 446 g/mol. The number of hydrogen-bond acceptors (Lipinski definition) is 7. The summed E-state index contributed by atoms with van der Waals surface area (Å²) in [6, 6.07) is 4.28. The highest BCUT2D eigenvalue weighted by Crippen LogP contribution is 2.36. The highest BCUT2D eigenvalue weighted by Gasteiger charge is 2.27. The monoisotopic (exact) mass is 473 g/mol. The second kappa shape index (κ2) is 10.7. The van der Waals surface area contributed by atoms with Crippen molar-refractivity contribution in [3.63, 3.8) is 0 Å². The van der Waals surface area contributed by atoms with E-state index in [1.165, 1.54) is 24.6 Å². The minimum absolute atomic E-state index is 0.0788. The zero-order chi connectivity index (χ0) is 24.8. The SMILES string of the molecule is CCOc1cc(-c2c(C(=O)O)c(N)[nH]c(=O)c2C(=O)O)ccc1OCC(=O)NC1CCCCC1. The number of nitrogens with two attached hydrogens (primary N) is 1. The number of carboxylic acids is 2. The lowest BCUT2D eigenvalue weighted by molar-refractivity contribution is -0.124. The summed E-state index contributed by atoms with van der Waals surface area (Å²) in [5.74, 6) is -3.52. The number of hydrogen-bond donors (Lipinski definition) is 5. The zero-order valence-corrected chi connectivity index (χ0v) is 18.7. The number of nitrogens with one attached hydrogen (secondary N) is 2. The van der Waals surface area contributed by atoms with Crippen molar-refractivity contribution in [3.8, 4) is 22.6 Å². The maximum absolute atomic E-state index is 12.3. The van der Waals surface area contributed by atoms with Gasteiger partial charge >= 0.3 is 11.9 Å². The summed E-state index contributed by atoms with van der Waals surface area (Å²) in [4.78, 5) is 50.2. The van der Waals surface area contributed by atoms with Crippen LogP contribution in [-0.4, -0.2) is 52.3 Å². The Hall–Kier alpha value is -4.02. The number of aromatic amines is 1. The molecule has 2 aromatic rings. The highest BCUT2D eigenvalue weighted by atomic mass is 16.5. The average Bonchev–Trinajstić information content (AvgIpc) is 2.78. The number of anilines is 1. The van der Waals surface area contributed by atoms with Crippen LogP contribution in [0.2, 0.25) is 0 Å². The van der Waals surface area contributed by atoms with Crippen molar-refractivity contribution in [2.75, 3.05) is 18.9 Å². The molecule has 1 aliphatic rings. The normalized spacial score (nSPS) is 13.8. The van der Waals surface area contributed by atoms with E-state index in [4.69, 9.17) is 15.2 Å². The van der Waals surface area contributed by atoms with E-state index in [1.807, 2.05) is 0 Å². The molecule has 0 aliphatic heterocycles. The lowest BCUT2D eigenvalue weighted by atomic mass is 9.95. The zero-order valence-electron chi connectivity index (χ0n) is 18.7. The minimum Gasteiger partial charge on any atom is -0.490 e. The molecule has 0 radical (unpaired) electrons. The highest BCUT2D eigenvalue weighted by molar-refractivity contribution is 6.07. The van der Waals surface area contributed by atoms with Gasteiger partial charge in [0, 0.05) is 11.6 Å². The Bertz CT molecular complexity index is 1150. The van der Waals surface area contributed by atoms with E-state index >= 15 is 0 Å². The van der Waals surface area contributed by atoms with E-state index in [0.29, 0.717) is 0 Å². The first kappa shape index (κ1) is 24.6. The van der Waals surface area contributed by atoms with E-state index in [0.717, 1.165) is 25.7 Å². The van der Waals surface area contributed by atoms with Crippen LogP contribution in [0.25, 0.3) is 11.1 Å². The van der Waals surface area contributed by atoms with Gasteiger partial charge in [-0.25, -0.2) is 9.59 Å². The molecule has 1 fully saturated rings. The molecule has 6 N–H and O–H groups in total. The number of nitrogen functional groups attached to an aromatic ring is 1. The predicted octanol–water partition coefficient (Wildman–Crippen LogP) is 2.25. The first-order chi connectivity index (χ1) is 16.2. The number of pyridine rings is 1. The molecule has 11 nitrogen and oxygen atoms in total. The van der Waals surface area contributed by atoms with E-state index in [2.05, 4.69) is 10.3 Å². The van der Waals surface area contributed by atoms with Gasteiger partial charge in [-0.1, -0.05) is 25.3 Å². The van der Waals surface area contributed by atoms with Crippen molar-refractivity contribution in [2.24, 2.45) is 0 Å². The molecule has 0 atom stereocenters. The number of benzene rings is 1. The number of carbonyl (C=O) groups excluding carboxylic acids is 1. The molecular formula is C23H27N3O8. The number of H-pyrrole nitrogens is 1. The van der Waals surface area contributed by atoms with Crippen LogP contribution in [-0.2, 0) is 4.79 Å². The van der Waals surface area contributed by atoms with Crippen LogP contribution in [0.3, 0.4) is 0 Å². The molecule has 34 heavy (non-hydrogen) atoms.